The Morgan fingerprint density at radius 1 is 1.29 bits per heavy atom. The highest BCUT2D eigenvalue weighted by Crippen LogP contribution is 2.12. The molecule has 0 radical (unpaired) electrons. The Morgan fingerprint density at radius 2 is 2.12 bits per heavy atom. The van der Waals surface area contributed by atoms with Crippen LogP contribution in [0.5, 0.6) is 0 Å². The van der Waals surface area contributed by atoms with Gasteiger partial charge in [0.2, 0.25) is 0 Å². The largest absolute Gasteiger partial charge is 0.364 e. The third-order valence-corrected chi connectivity index (χ3v) is 2.92. The smallest absolute Gasteiger partial charge is 0.268 e. The first kappa shape index (κ1) is 11.8. The molecule has 0 bridgehead atoms. The molecule has 6 nitrogen and oxygen atoms in total. The summed E-state index contributed by atoms with van der Waals surface area (Å²) in [5, 5.41) is 0. The van der Waals surface area contributed by atoms with Crippen LogP contribution in [0.2, 0.25) is 0 Å². The van der Waals surface area contributed by atoms with E-state index in [1.165, 1.54) is 6.20 Å². The van der Waals surface area contributed by atoms with Gasteiger partial charge in [-0.2, -0.15) is 0 Å². The van der Waals surface area contributed by atoms with Crippen molar-refractivity contribution in [3.05, 3.63) is 18.1 Å². The number of nitrogens with two attached hydrogens (primary N) is 1. The van der Waals surface area contributed by atoms with Gasteiger partial charge in [-0.3, -0.25) is 9.78 Å². The lowest BCUT2D eigenvalue weighted by atomic mass is 10.4. The van der Waals surface area contributed by atoms with Crippen molar-refractivity contribution in [2.45, 2.75) is 6.42 Å². The lowest BCUT2D eigenvalue weighted by Gasteiger charge is -2.21. The Labute approximate surface area is 100 Å². The number of hydrogen-bond donors (Lipinski definition) is 1. The normalized spacial score (nSPS) is 17.8. The van der Waals surface area contributed by atoms with E-state index < -0.39 is 5.91 Å². The van der Waals surface area contributed by atoms with Crippen LogP contribution < -0.4 is 10.6 Å². The zero-order valence-corrected chi connectivity index (χ0v) is 9.96. The molecule has 2 rings (SSSR count). The first-order valence-corrected chi connectivity index (χ1v) is 5.72. The Balaban J connectivity index is 2.15. The van der Waals surface area contributed by atoms with Crippen molar-refractivity contribution < 1.29 is 4.79 Å². The number of aromatic nitrogens is 2. The standard InChI is InChI=1S/C11H17N5O/c1-15-3-2-4-16(6-5-15)10-8-13-7-9(14-10)11(12)17/h7-8H,2-6H2,1H3,(H2,12,17). The number of likely N-dealkylation sites (N-methyl/N-ethyl adjacent to an activating group) is 1. The molecule has 0 atom stereocenters. The topological polar surface area (TPSA) is 75.3 Å². The molecule has 1 fully saturated rings. The first-order valence-electron chi connectivity index (χ1n) is 5.72. The molecule has 2 N–H and O–H groups in total. The summed E-state index contributed by atoms with van der Waals surface area (Å²) < 4.78 is 0. The molecule has 0 saturated carbocycles. The molecule has 1 saturated heterocycles. The lowest BCUT2D eigenvalue weighted by molar-refractivity contribution is 0.0995. The molecule has 2 heterocycles. The van der Waals surface area contributed by atoms with Crippen LogP contribution in [-0.4, -0.2) is 54.0 Å². The van der Waals surface area contributed by atoms with Gasteiger partial charge in [-0.1, -0.05) is 0 Å². The molecule has 0 aliphatic carbocycles. The molecule has 92 valence electrons. The second-order valence-corrected chi connectivity index (χ2v) is 4.27. The minimum atomic E-state index is -0.536. The third-order valence-electron chi connectivity index (χ3n) is 2.92. The lowest BCUT2D eigenvalue weighted by Crippen LogP contribution is -2.30. The number of primary amides is 1. The molecule has 1 aliphatic rings. The average molecular weight is 235 g/mol. The van der Waals surface area contributed by atoms with E-state index in [2.05, 4.69) is 26.8 Å². The fourth-order valence-electron chi connectivity index (χ4n) is 1.90. The monoisotopic (exact) mass is 235 g/mol. The van der Waals surface area contributed by atoms with E-state index in [-0.39, 0.29) is 5.69 Å². The minimum Gasteiger partial charge on any atom is -0.364 e. The summed E-state index contributed by atoms with van der Waals surface area (Å²) in [6, 6.07) is 0. The van der Waals surface area contributed by atoms with Crippen LogP contribution in [-0.2, 0) is 0 Å². The molecule has 0 aromatic carbocycles. The van der Waals surface area contributed by atoms with Crippen LogP contribution in [0.25, 0.3) is 0 Å². The zero-order valence-electron chi connectivity index (χ0n) is 9.96. The van der Waals surface area contributed by atoms with Crippen LogP contribution in [0, 0.1) is 0 Å². The summed E-state index contributed by atoms with van der Waals surface area (Å²) in [7, 11) is 2.11. The van der Waals surface area contributed by atoms with E-state index in [0.29, 0.717) is 0 Å². The summed E-state index contributed by atoms with van der Waals surface area (Å²) in [5.41, 5.74) is 5.42. The molecule has 1 amide bonds. The van der Waals surface area contributed by atoms with Crippen molar-refractivity contribution in [1.82, 2.24) is 14.9 Å². The maximum Gasteiger partial charge on any atom is 0.268 e. The van der Waals surface area contributed by atoms with Gasteiger partial charge in [-0.05, 0) is 20.0 Å². The number of carbonyl (C=O) groups excluding carboxylic acids is 1. The van der Waals surface area contributed by atoms with Crippen LogP contribution >= 0.6 is 0 Å². The van der Waals surface area contributed by atoms with Gasteiger partial charge in [0.25, 0.3) is 5.91 Å². The van der Waals surface area contributed by atoms with Gasteiger partial charge in [-0.15, -0.1) is 0 Å². The summed E-state index contributed by atoms with van der Waals surface area (Å²) in [4.78, 5) is 23.7. The van der Waals surface area contributed by atoms with Crippen LogP contribution in [0.4, 0.5) is 5.82 Å². The predicted molar refractivity (Wildman–Crippen MR) is 64.9 cm³/mol. The van der Waals surface area contributed by atoms with E-state index in [1.54, 1.807) is 6.20 Å². The SMILES string of the molecule is CN1CCCN(c2cncc(C(N)=O)n2)CC1. The van der Waals surface area contributed by atoms with Crippen molar-refractivity contribution in [2.75, 3.05) is 38.1 Å². The van der Waals surface area contributed by atoms with Crippen molar-refractivity contribution in [3.8, 4) is 0 Å². The number of anilines is 1. The molecular weight excluding hydrogens is 218 g/mol. The second kappa shape index (κ2) is 5.09. The number of amides is 1. The number of carbonyl (C=O) groups is 1. The average Bonchev–Trinajstić information content (AvgIpc) is 2.54. The highest BCUT2D eigenvalue weighted by atomic mass is 16.1. The molecule has 6 heteroatoms. The fourth-order valence-corrected chi connectivity index (χ4v) is 1.90. The van der Waals surface area contributed by atoms with Crippen molar-refractivity contribution in [1.29, 1.82) is 0 Å². The molecule has 1 aromatic rings. The van der Waals surface area contributed by atoms with E-state index in [0.717, 1.165) is 38.4 Å². The van der Waals surface area contributed by atoms with E-state index in [9.17, 15) is 4.79 Å². The van der Waals surface area contributed by atoms with Gasteiger partial charge in [0.1, 0.15) is 11.5 Å². The van der Waals surface area contributed by atoms with Gasteiger partial charge < -0.3 is 15.5 Å². The number of rotatable bonds is 2. The highest BCUT2D eigenvalue weighted by molar-refractivity contribution is 5.90. The molecule has 1 aliphatic heterocycles. The predicted octanol–water partition coefficient (Wildman–Crippen LogP) is -0.283. The van der Waals surface area contributed by atoms with Gasteiger partial charge >= 0.3 is 0 Å². The van der Waals surface area contributed by atoms with Crippen molar-refractivity contribution >= 4 is 11.7 Å². The van der Waals surface area contributed by atoms with Gasteiger partial charge in [0.05, 0.1) is 12.4 Å². The minimum absolute atomic E-state index is 0.222. The quantitative estimate of drug-likeness (QED) is 0.763. The maximum atomic E-state index is 11.0. The third kappa shape index (κ3) is 2.91. The Bertz CT molecular complexity index is 409. The molecular formula is C11H17N5O. The Hall–Kier alpha value is -1.69. The highest BCUT2D eigenvalue weighted by Gasteiger charge is 2.15. The first-order chi connectivity index (χ1) is 8.16. The van der Waals surface area contributed by atoms with Crippen LogP contribution in [0.3, 0.4) is 0 Å². The zero-order chi connectivity index (χ0) is 12.3. The maximum absolute atomic E-state index is 11.0. The van der Waals surface area contributed by atoms with Gasteiger partial charge in [0.15, 0.2) is 0 Å². The Morgan fingerprint density at radius 3 is 2.88 bits per heavy atom. The summed E-state index contributed by atoms with van der Waals surface area (Å²) in [5.74, 6) is 0.197. The van der Waals surface area contributed by atoms with Gasteiger partial charge in [0, 0.05) is 19.6 Å². The van der Waals surface area contributed by atoms with Gasteiger partial charge in [-0.25, -0.2) is 4.98 Å². The van der Waals surface area contributed by atoms with Crippen molar-refractivity contribution in [3.63, 3.8) is 0 Å². The summed E-state index contributed by atoms with van der Waals surface area (Å²) in [6.07, 6.45) is 4.16. The molecule has 17 heavy (non-hydrogen) atoms. The number of hydrogen-bond acceptors (Lipinski definition) is 5. The van der Waals surface area contributed by atoms with Crippen LogP contribution in [0.15, 0.2) is 12.4 Å². The molecule has 0 spiro atoms. The van der Waals surface area contributed by atoms with E-state index in [4.69, 9.17) is 5.73 Å². The molecule has 0 unspecified atom stereocenters. The second-order valence-electron chi connectivity index (χ2n) is 4.27. The van der Waals surface area contributed by atoms with E-state index >= 15 is 0 Å². The van der Waals surface area contributed by atoms with E-state index in [1.807, 2.05) is 0 Å². The fraction of sp³-hybridized carbons (Fsp3) is 0.545. The molecule has 1 aromatic heterocycles. The van der Waals surface area contributed by atoms with Crippen molar-refractivity contribution in [2.24, 2.45) is 5.73 Å². The Kier molecular flexibility index (Phi) is 3.53. The summed E-state index contributed by atoms with van der Waals surface area (Å²) in [6.45, 7) is 3.90. The number of nitrogens with zero attached hydrogens (tertiary/aromatic N) is 4. The van der Waals surface area contributed by atoms with Crippen LogP contribution in [0.1, 0.15) is 16.9 Å². The summed E-state index contributed by atoms with van der Waals surface area (Å²) >= 11 is 0.